The van der Waals surface area contributed by atoms with Gasteiger partial charge in [-0.2, -0.15) is 0 Å². The van der Waals surface area contributed by atoms with E-state index in [1.807, 2.05) is 24.3 Å². The molecule has 1 aliphatic heterocycles. The molecule has 4 nitrogen and oxygen atoms in total. The average molecular weight is 287 g/mol. The zero-order valence-corrected chi connectivity index (χ0v) is 12.1. The first-order valence-corrected chi connectivity index (χ1v) is 7.58. The fraction of sp³-hybridized carbons (Fsp3) is 0.471. The summed E-state index contributed by atoms with van der Waals surface area (Å²) in [6.45, 7) is 0.257. The second kappa shape index (κ2) is 5.90. The van der Waals surface area contributed by atoms with Crippen molar-refractivity contribution in [3.63, 3.8) is 0 Å². The summed E-state index contributed by atoms with van der Waals surface area (Å²) in [7, 11) is 0. The van der Waals surface area contributed by atoms with E-state index in [4.69, 9.17) is 15.2 Å². The van der Waals surface area contributed by atoms with Crippen LogP contribution in [-0.4, -0.2) is 18.1 Å². The summed E-state index contributed by atoms with van der Waals surface area (Å²) >= 11 is 0. The third kappa shape index (κ3) is 3.10. The first-order chi connectivity index (χ1) is 10.2. The molecule has 1 aliphatic carbocycles. The Balaban J connectivity index is 1.71. The third-order valence-electron chi connectivity index (χ3n) is 4.31. The minimum absolute atomic E-state index is 0.0297. The van der Waals surface area contributed by atoms with Crippen LogP contribution in [0.2, 0.25) is 0 Å². The van der Waals surface area contributed by atoms with E-state index in [0.717, 1.165) is 42.7 Å². The Hall–Kier alpha value is -1.81. The van der Waals surface area contributed by atoms with E-state index >= 15 is 0 Å². The number of nitrogens with two attached hydrogens (primary N) is 1. The Morgan fingerprint density at radius 2 is 1.81 bits per heavy atom. The first kappa shape index (κ1) is 14.1. The van der Waals surface area contributed by atoms with Gasteiger partial charge in [0.25, 0.3) is 0 Å². The summed E-state index contributed by atoms with van der Waals surface area (Å²) in [5.74, 6) is 1.50. The number of fused-ring (bicyclic) bond motifs is 1. The van der Waals surface area contributed by atoms with Gasteiger partial charge in [-0.3, -0.25) is 4.79 Å². The maximum atomic E-state index is 12.4. The lowest BCUT2D eigenvalue weighted by Gasteiger charge is -2.24. The Kier molecular flexibility index (Phi) is 3.97. The lowest BCUT2D eigenvalue weighted by molar-refractivity contribution is -0.119. The van der Waals surface area contributed by atoms with Crippen LogP contribution in [0.25, 0.3) is 6.08 Å². The number of carbonyl (C=O) groups excluding carboxylic acids is 1. The molecule has 1 aromatic rings. The Morgan fingerprint density at radius 1 is 1.10 bits per heavy atom. The summed E-state index contributed by atoms with van der Waals surface area (Å²) in [5.41, 5.74) is 6.56. The highest BCUT2D eigenvalue weighted by Crippen LogP contribution is 2.33. The molecule has 0 saturated heterocycles. The van der Waals surface area contributed by atoms with E-state index in [0.29, 0.717) is 0 Å². The number of rotatable bonds is 3. The summed E-state index contributed by atoms with van der Waals surface area (Å²) in [4.78, 5) is 12.4. The molecule has 0 radical (unpaired) electrons. The molecule has 2 aliphatic rings. The molecule has 4 heteroatoms. The van der Waals surface area contributed by atoms with Crippen LogP contribution in [0.5, 0.6) is 11.5 Å². The molecule has 112 valence electrons. The van der Waals surface area contributed by atoms with E-state index < -0.39 is 5.54 Å². The largest absolute Gasteiger partial charge is 0.454 e. The van der Waals surface area contributed by atoms with Gasteiger partial charge in [-0.15, -0.1) is 0 Å². The molecule has 1 saturated carbocycles. The molecule has 2 N–H and O–H groups in total. The van der Waals surface area contributed by atoms with Gasteiger partial charge in [-0.05, 0) is 36.6 Å². The van der Waals surface area contributed by atoms with Crippen LogP contribution in [0.1, 0.15) is 44.1 Å². The van der Waals surface area contributed by atoms with Crippen molar-refractivity contribution in [2.75, 3.05) is 6.79 Å². The summed E-state index contributed by atoms with van der Waals surface area (Å²) in [6.07, 6.45) is 9.44. The van der Waals surface area contributed by atoms with Gasteiger partial charge in [0, 0.05) is 0 Å². The molecule has 1 fully saturated rings. The second-order valence-electron chi connectivity index (χ2n) is 5.88. The lowest BCUT2D eigenvalue weighted by Crippen LogP contribution is -2.46. The number of benzene rings is 1. The van der Waals surface area contributed by atoms with Gasteiger partial charge < -0.3 is 15.2 Å². The maximum Gasteiger partial charge on any atom is 0.231 e. The van der Waals surface area contributed by atoms with Crippen molar-refractivity contribution >= 4 is 11.9 Å². The van der Waals surface area contributed by atoms with Gasteiger partial charge in [0.05, 0.1) is 5.54 Å². The SMILES string of the molecule is NC1(C(=O)/C=C/c2ccc3c(c2)OCO3)CCCCCC1. The normalized spacial score (nSPS) is 20.4. The highest BCUT2D eigenvalue weighted by Gasteiger charge is 2.32. The Morgan fingerprint density at radius 3 is 2.57 bits per heavy atom. The standard InChI is InChI=1S/C17H21NO3/c18-17(9-3-1-2-4-10-17)16(19)8-6-13-5-7-14-15(11-13)21-12-20-14/h5-8,11H,1-4,9-10,12,18H2/b8-6+. The number of hydrogen-bond donors (Lipinski definition) is 1. The first-order valence-electron chi connectivity index (χ1n) is 7.58. The number of ketones is 1. The van der Waals surface area contributed by atoms with Crippen molar-refractivity contribution in [2.45, 2.75) is 44.1 Å². The van der Waals surface area contributed by atoms with Crippen molar-refractivity contribution < 1.29 is 14.3 Å². The predicted molar refractivity (Wildman–Crippen MR) is 81.2 cm³/mol. The van der Waals surface area contributed by atoms with Gasteiger partial charge in [-0.1, -0.05) is 37.8 Å². The van der Waals surface area contributed by atoms with Gasteiger partial charge in [0.1, 0.15) is 0 Å². The van der Waals surface area contributed by atoms with Crippen LogP contribution in [0.4, 0.5) is 0 Å². The van der Waals surface area contributed by atoms with Gasteiger partial charge in [-0.25, -0.2) is 0 Å². The molecule has 0 unspecified atom stereocenters. The monoisotopic (exact) mass is 287 g/mol. The number of carbonyl (C=O) groups is 1. The zero-order chi connectivity index (χ0) is 14.7. The van der Waals surface area contributed by atoms with E-state index in [-0.39, 0.29) is 12.6 Å². The quantitative estimate of drug-likeness (QED) is 0.685. The highest BCUT2D eigenvalue weighted by atomic mass is 16.7. The van der Waals surface area contributed by atoms with Crippen molar-refractivity contribution in [2.24, 2.45) is 5.73 Å². The van der Waals surface area contributed by atoms with Crippen molar-refractivity contribution in [1.82, 2.24) is 0 Å². The molecule has 0 bridgehead atoms. The van der Waals surface area contributed by atoms with E-state index in [2.05, 4.69) is 0 Å². The molecule has 1 aromatic carbocycles. The van der Waals surface area contributed by atoms with Crippen molar-refractivity contribution in [3.05, 3.63) is 29.8 Å². The molecule has 21 heavy (non-hydrogen) atoms. The van der Waals surface area contributed by atoms with Crippen molar-refractivity contribution in [3.8, 4) is 11.5 Å². The molecular formula is C17H21NO3. The summed E-state index contributed by atoms with van der Waals surface area (Å²) < 4.78 is 10.6. The Bertz CT molecular complexity index is 557. The second-order valence-corrected chi connectivity index (χ2v) is 5.88. The van der Waals surface area contributed by atoms with Crippen LogP contribution in [0, 0.1) is 0 Å². The van der Waals surface area contributed by atoms with Crippen LogP contribution < -0.4 is 15.2 Å². The van der Waals surface area contributed by atoms with E-state index in [9.17, 15) is 4.79 Å². The van der Waals surface area contributed by atoms with Crippen molar-refractivity contribution in [1.29, 1.82) is 0 Å². The fourth-order valence-corrected chi connectivity index (χ4v) is 2.96. The molecule has 0 spiro atoms. The van der Waals surface area contributed by atoms with Crippen LogP contribution in [0.15, 0.2) is 24.3 Å². The Labute approximate surface area is 124 Å². The average Bonchev–Trinajstić information content (AvgIpc) is 2.84. The van der Waals surface area contributed by atoms with E-state index in [1.54, 1.807) is 6.08 Å². The lowest BCUT2D eigenvalue weighted by atomic mass is 9.86. The molecule has 0 atom stereocenters. The van der Waals surface area contributed by atoms with Gasteiger partial charge in [0.2, 0.25) is 6.79 Å². The summed E-state index contributed by atoms with van der Waals surface area (Å²) in [6, 6.07) is 5.65. The van der Waals surface area contributed by atoms with E-state index in [1.165, 1.54) is 12.8 Å². The van der Waals surface area contributed by atoms with Crippen LogP contribution >= 0.6 is 0 Å². The third-order valence-corrected chi connectivity index (χ3v) is 4.31. The fourth-order valence-electron chi connectivity index (χ4n) is 2.96. The number of hydrogen-bond acceptors (Lipinski definition) is 4. The topological polar surface area (TPSA) is 61.6 Å². The van der Waals surface area contributed by atoms with Gasteiger partial charge >= 0.3 is 0 Å². The summed E-state index contributed by atoms with van der Waals surface area (Å²) in [5, 5.41) is 0. The number of ether oxygens (including phenoxy) is 2. The molecule has 0 amide bonds. The van der Waals surface area contributed by atoms with Crippen LogP contribution in [-0.2, 0) is 4.79 Å². The zero-order valence-electron chi connectivity index (χ0n) is 12.1. The highest BCUT2D eigenvalue weighted by molar-refractivity contribution is 6.00. The minimum atomic E-state index is -0.677. The van der Waals surface area contributed by atoms with Gasteiger partial charge in [0.15, 0.2) is 17.3 Å². The maximum absolute atomic E-state index is 12.4. The smallest absolute Gasteiger partial charge is 0.231 e. The minimum Gasteiger partial charge on any atom is -0.454 e. The molecular weight excluding hydrogens is 266 g/mol. The molecule has 1 heterocycles. The molecule has 0 aromatic heterocycles. The molecule has 3 rings (SSSR count). The van der Waals surface area contributed by atoms with Crippen LogP contribution in [0.3, 0.4) is 0 Å². The predicted octanol–water partition coefficient (Wildman–Crippen LogP) is 3.05.